The van der Waals surface area contributed by atoms with Crippen molar-refractivity contribution < 1.29 is 14.3 Å². The van der Waals surface area contributed by atoms with E-state index < -0.39 is 11.7 Å². The average Bonchev–Trinajstić information content (AvgIpc) is 2.37. The molecule has 1 aromatic rings. The zero-order valence-electron chi connectivity index (χ0n) is 14.1. The van der Waals surface area contributed by atoms with Crippen LogP contribution < -0.4 is 10.6 Å². The first-order valence-corrected chi connectivity index (χ1v) is 7.51. The lowest BCUT2D eigenvalue weighted by atomic mass is 10.1. The zero-order chi connectivity index (χ0) is 16.8. The highest BCUT2D eigenvalue weighted by atomic mass is 16.6. The van der Waals surface area contributed by atoms with Crippen molar-refractivity contribution in [1.29, 1.82) is 0 Å². The van der Waals surface area contributed by atoms with Crippen molar-refractivity contribution in [3.8, 4) is 0 Å². The molecule has 0 atom stereocenters. The molecule has 0 heterocycles. The normalized spacial score (nSPS) is 11.0. The van der Waals surface area contributed by atoms with Gasteiger partial charge in [-0.3, -0.25) is 4.79 Å². The number of carbonyl (C=O) groups excluding carboxylic acids is 2. The molecule has 1 aromatic carbocycles. The lowest BCUT2D eigenvalue weighted by Crippen LogP contribution is -2.33. The Morgan fingerprint density at radius 3 is 2.41 bits per heavy atom. The van der Waals surface area contributed by atoms with Crippen LogP contribution in [0.1, 0.15) is 44.7 Å². The van der Waals surface area contributed by atoms with Gasteiger partial charge in [0, 0.05) is 18.7 Å². The molecule has 0 spiro atoms. The molecule has 2 amide bonds. The van der Waals surface area contributed by atoms with Gasteiger partial charge >= 0.3 is 6.09 Å². The Bertz CT molecular complexity index is 533. The highest BCUT2D eigenvalue weighted by Gasteiger charge is 2.15. The maximum Gasteiger partial charge on any atom is 0.407 e. The summed E-state index contributed by atoms with van der Waals surface area (Å²) in [4.78, 5) is 23.3. The summed E-state index contributed by atoms with van der Waals surface area (Å²) in [6, 6.07) is 5.82. The Kier molecular flexibility index (Phi) is 6.40. The Morgan fingerprint density at radius 2 is 1.82 bits per heavy atom. The van der Waals surface area contributed by atoms with Crippen LogP contribution in [0.25, 0.3) is 0 Å². The van der Waals surface area contributed by atoms with Gasteiger partial charge in [0.05, 0.1) is 0 Å². The minimum atomic E-state index is -0.509. The van der Waals surface area contributed by atoms with Crippen molar-refractivity contribution in [3.05, 3.63) is 29.3 Å². The number of anilines is 1. The van der Waals surface area contributed by atoms with E-state index in [9.17, 15) is 9.59 Å². The Hall–Kier alpha value is -2.04. The van der Waals surface area contributed by atoms with Crippen molar-refractivity contribution in [2.24, 2.45) is 0 Å². The molecule has 0 saturated heterocycles. The number of rotatable bonds is 5. The van der Waals surface area contributed by atoms with E-state index >= 15 is 0 Å². The van der Waals surface area contributed by atoms with Gasteiger partial charge in [0.15, 0.2) is 0 Å². The molecule has 5 heteroatoms. The number of aryl methyl sites for hydroxylation is 2. The van der Waals surface area contributed by atoms with Gasteiger partial charge in [-0.2, -0.15) is 0 Å². The average molecular weight is 306 g/mol. The van der Waals surface area contributed by atoms with E-state index in [1.165, 1.54) is 5.56 Å². The minimum Gasteiger partial charge on any atom is -0.444 e. The van der Waals surface area contributed by atoms with Crippen LogP contribution in [-0.2, 0) is 9.53 Å². The maximum atomic E-state index is 11.8. The number of amides is 2. The van der Waals surface area contributed by atoms with Crippen LogP contribution >= 0.6 is 0 Å². The molecule has 0 bridgehead atoms. The van der Waals surface area contributed by atoms with Crippen molar-refractivity contribution in [3.63, 3.8) is 0 Å². The highest BCUT2D eigenvalue weighted by Crippen LogP contribution is 2.14. The molecule has 2 N–H and O–H groups in total. The van der Waals surface area contributed by atoms with E-state index in [4.69, 9.17) is 4.74 Å². The van der Waals surface area contributed by atoms with Crippen LogP contribution in [0.15, 0.2) is 18.2 Å². The van der Waals surface area contributed by atoms with Crippen LogP contribution in [0, 0.1) is 13.8 Å². The molecule has 0 unspecified atom stereocenters. The fourth-order valence-corrected chi connectivity index (χ4v) is 1.80. The molecule has 22 heavy (non-hydrogen) atoms. The quantitative estimate of drug-likeness (QED) is 0.818. The molecule has 0 aliphatic rings. The van der Waals surface area contributed by atoms with E-state index in [0.29, 0.717) is 19.4 Å². The molecule has 0 saturated carbocycles. The molecular formula is C17H26N2O3. The van der Waals surface area contributed by atoms with Gasteiger partial charge in [0.2, 0.25) is 5.91 Å². The van der Waals surface area contributed by atoms with Crippen LogP contribution in [-0.4, -0.2) is 24.1 Å². The number of ether oxygens (including phenoxy) is 1. The molecule has 1 rings (SSSR count). The van der Waals surface area contributed by atoms with Crippen LogP contribution in [0.2, 0.25) is 0 Å². The first-order valence-electron chi connectivity index (χ1n) is 7.51. The molecule has 0 radical (unpaired) electrons. The Balaban J connectivity index is 2.26. The smallest absolute Gasteiger partial charge is 0.407 e. The molecule has 0 aliphatic carbocycles. The Morgan fingerprint density at radius 1 is 1.14 bits per heavy atom. The monoisotopic (exact) mass is 306 g/mol. The van der Waals surface area contributed by atoms with Crippen LogP contribution in [0.4, 0.5) is 10.5 Å². The highest BCUT2D eigenvalue weighted by molar-refractivity contribution is 5.90. The van der Waals surface area contributed by atoms with E-state index in [-0.39, 0.29) is 5.91 Å². The number of hydrogen-bond acceptors (Lipinski definition) is 3. The Labute approximate surface area is 132 Å². The summed E-state index contributed by atoms with van der Waals surface area (Å²) in [5, 5.41) is 5.49. The molecule has 5 nitrogen and oxygen atoms in total. The minimum absolute atomic E-state index is 0.0609. The summed E-state index contributed by atoms with van der Waals surface area (Å²) in [6.45, 7) is 9.88. The van der Waals surface area contributed by atoms with Crippen molar-refractivity contribution in [1.82, 2.24) is 5.32 Å². The lowest BCUT2D eigenvalue weighted by Gasteiger charge is -2.19. The fourth-order valence-electron chi connectivity index (χ4n) is 1.80. The second-order valence-electron chi connectivity index (χ2n) is 6.38. The maximum absolute atomic E-state index is 11.8. The van der Waals surface area contributed by atoms with Gasteiger partial charge in [-0.05, 0) is 64.3 Å². The van der Waals surface area contributed by atoms with Gasteiger partial charge in [-0.15, -0.1) is 0 Å². The van der Waals surface area contributed by atoms with Crippen molar-refractivity contribution >= 4 is 17.7 Å². The van der Waals surface area contributed by atoms with E-state index in [1.54, 1.807) is 0 Å². The number of hydrogen-bond donors (Lipinski definition) is 2. The number of benzene rings is 1. The summed E-state index contributed by atoms with van der Waals surface area (Å²) in [5.41, 5.74) is 2.63. The lowest BCUT2D eigenvalue weighted by molar-refractivity contribution is -0.116. The van der Waals surface area contributed by atoms with Crippen LogP contribution in [0.3, 0.4) is 0 Å². The molecule has 0 aliphatic heterocycles. The van der Waals surface area contributed by atoms with Gasteiger partial charge < -0.3 is 15.4 Å². The SMILES string of the molecule is Cc1ccc(NC(=O)CCCNC(=O)OC(C)(C)C)cc1C. The van der Waals surface area contributed by atoms with Gasteiger partial charge in [0.25, 0.3) is 0 Å². The molecule has 0 fully saturated rings. The summed E-state index contributed by atoms with van der Waals surface area (Å²) in [6.07, 6.45) is 0.459. The van der Waals surface area contributed by atoms with Gasteiger partial charge in [0.1, 0.15) is 5.60 Å². The van der Waals surface area contributed by atoms with Gasteiger partial charge in [-0.25, -0.2) is 4.79 Å². The third-order valence-electron chi connectivity index (χ3n) is 3.04. The van der Waals surface area contributed by atoms with E-state index in [0.717, 1.165) is 11.3 Å². The largest absolute Gasteiger partial charge is 0.444 e. The topological polar surface area (TPSA) is 67.4 Å². The molecular weight excluding hydrogens is 280 g/mol. The summed E-state index contributed by atoms with van der Waals surface area (Å²) < 4.78 is 5.11. The van der Waals surface area contributed by atoms with E-state index in [2.05, 4.69) is 10.6 Å². The number of carbonyl (C=O) groups is 2. The predicted molar refractivity (Wildman–Crippen MR) is 88.0 cm³/mol. The van der Waals surface area contributed by atoms with Crippen molar-refractivity contribution in [2.75, 3.05) is 11.9 Å². The van der Waals surface area contributed by atoms with E-state index in [1.807, 2.05) is 52.8 Å². The van der Waals surface area contributed by atoms with Gasteiger partial charge in [-0.1, -0.05) is 6.07 Å². The first kappa shape index (κ1) is 18.0. The number of alkyl carbamates (subject to hydrolysis) is 1. The predicted octanol–water partition coefficient (Wildman–Crippen LogP) is 3.55. The third-order valence-corrected chi connectivity index (χ3v) is 3.04. The van der Waals surface area contributed by atoms with Crippen LogP contribution in [0.5, 0.6) is 0 Å². The van der Waals surface area contributed by atoms with Crippen molar-refractivity contribution in [2.45, 2.75) is 53.1 Å². The zero-order valence-corrected chi connectivity index (χ0v) is 14.1. The number of nitrogens with one attached hydrogen (secondary N) is 2. The molecule has 0 aromatic heterocycles. The fraction of sp³-hybridized carbons (Fsp3) is 0.529. The third kappa shape index (κ3) is 7.11. The standard InChI is InChI=1S/C17H26N2O3/c1-12-8-9-14(11-13(12)2)19-15(20)7-6-10-18-16(21)22-17(3,4)5/h8-9,11H,6-7,10H2,1-5H3,(H,18,21)(H,19,20). The summed E-state index contributed by atoms with van der Waals surface area (Å²) in [5.74, 6) is -0.0609. The molecule has 122 valence electrons. The second kappa shape index (κ2) is 7.82. The summed E-state index contributed by atoms with van der Waals surface area (Å²) in [7, 11) is 0. The summed E-state index contributed by atoms with van der Waals surface area (Å²) >= 11 is 0. The second-order valence-corrected chi connectivity index (χ2v) is 6.38. The first-order chi connectivity index (χ1) is 10.2.